The van der Waals surface area contributed by atoms with E-state index in [2.05, 4.69) is 9.97 Å². The summed E-state index contributed by atoms with van der Waals surface area (Å²) in [5, 5.41) is 24.9. The van der Waals surface area contributed by atoms with E-state index >= 15 is 0 Å². The molecular formula is C44H28N6O4. The van der Waals surface area contributed by atoms with E-state index in [-0.39, 0.29) is 11.4 Å². The van der Waals surface area contributed by atoms with Crippen molar-refractivity contribution >= 4 is 57.7 Å². The molecule has 54 heavy (non-hydrogen) atoms. The zero-order valence-corrected chi connectivity index (χ0v) is 28.4. The second-order valence-corrected chi connectivity index (χ2v) is 12.8. The first-order chi connectivity index (χ1) is 26.4. The Morgan fingerprint density at radius 2 is 0.704 bits per heavy atom. The lowest BCUT2D eigenvalue weighted by atomic mass is 10.0. The fraction of sp³-hybridized carbons (Fsp3) is 0. The Labute approximate surface area is 307 Å². The molecule has 0 saturated carbocycles. The number of rotatable bonds is 6. The van der Waals surface area contributed by atoms with Gasteiger partial charge in [-0.1, -0.05) is 84.9 Å². The van der Waals surface area contributed by atoms with Crippen LogP contribution in [0.15, 0.2) is 133 Å². The maximum absolute atomic E-state index is 12.4. The third kappa shape index (κ3) is 5.55. The topological polar surface area (TPSA) is 144 Å². The highest BCUT2D eigenvalue weighted by atomic mass is 16.6. The first-order valence-electron chi connectivity index (χ1n) is 17.2. The first kappa shape index (κ1) is 32.2. The maximum atomic E-state index is 12.4. The van der Waals surface area contributed by atoms with Crippen molar-refractivity contribution < 1.29 is 9.85 Å². The fourth-order valence-corrected chi connectivity index (χ4v) is 7.28. The van der Waals surface area contributed by atoms with Crippen LogP contribution >= 0.6 is 0 Å². The molecule has 9 rings (SSSR count). The smallest absolute Gasteiger partial charge is 0.277 e. The molecule has 2 aliphatic rings. The zero-order valence-electron chi connectivity index (χ0n) is 28.4. The van der Waals surface area contributed by atoms with Gasteiger partial charge in [-0.25, -0.2) is 9.97 Å². The molecule has 0 spiro atoms. The van der Waals surface area contributed by atoms with Crippen LogP contribution in [-0.2, 0) is 0 Å². The Balaban J connectivity index is 1.51. The molecule has 5 heterocycles. The molecular weight excluding hydrogens is 677 g/mol. The number of nitro benzene ring substituents is 2. The van der Waals surface area contributed by atoms with Gasteiger partial charge in [0.1, 0.15) is 0 Å². The maximum Gasteiger partial charge on any atom is 0.277 e. The molecule has 7 aromatic rings. The third-order valence-corrected chi connectivity index (χ3v) is 9.62. The molecule has 0 atom stereocenters. The number of nitrogens with one attached hydrogen (secondary N) is 2. The molecule has 258 valence electrons. The number of fused-ring (bicyclic) bond motifs is 8. The van der Waals surface area contributed by atoms with Crippen LogP contribution in [0.1, 0.15) is 22.8 Å². The van der Waals surface area contributed by atoms with Gasteiger partial charge in [-0.15, -0.1) is 0 Å². The minimum Gasteiger partial charge on any atom is -0.354 e. The average molecular weight is 705 g/mol. The second kappa shape index (κ2) is 13.1. The molecule has 4 aromatic carbocycles. The van der Waals surface area contributed by atoms with Crippen LogP contribution in [0.25, 0.3) is 90.9 Å². The number of aromatic amines is 2. The van der Waals surface area contributed by atoms with Gasteiger partial charge in [-0.3, -0.25) is 20.2 Å². The van der Waals surface area contributed by atoms with Gasteiger partial charge in [-0.2, -0.15) is 0 Å². The number of hydrogen-bond acceptors (Lipinski definition) is 6. The van der Waals surface area contributed by atoms with Crippen molar-refractivity contribution in [3.8, 4) is 44.5 Å². The van der Waals surface area contributed by atoms with Crippen LogP contribution < -0.4 is 0 Å². The summed E-state index contributed by atoms with van der Waals surface area (Å²) in [6.07, 6.45) is 7.58. The Hall–Kier alpha value is -7.72. The molecule has 8 bridgehead atoms. The van der Waals surface area contributed by atoms with E-state index in [0.29, 0.717) is 44.7 Å². The highest BCUT2D eigenvalue weighted by molar-refractivity contribution is 6.01. The molecule has 3 aromatic heterocycles. The van der Waals surface area contributed by atoms with Crippen molar-refractivity contribution in [2.24, 2.45) is 0 Å². The van der Waals surface area contributed by atoms with E-state index in [4.69, 9.17) is 9.97 Å². The summed E-state index contributed by atoms with van der Waals surface area (Å²) in [4.78, 5) is 41.6. The van der Waals surface area contributed by atoms with E-state index < -0.39 is 9.85 Å². The number of aromatic nitrogens is 4. The van der Waals surface area contributed by atoms with E-state index in [1.807, 2.05) is 97.1 Å². The summed E-state index contributed by atoms with van der Waals surface area (Å²) in [5.74, 6) is 0. The summed E-state index contributed by atoms with van der Waals surface area (Å²) in [7, 11) is 0. The fourth-order valence-electron chi connectivity index (χ4n) is 7.28. The lowest BCUT2D eigenvalue weighted by Crippen LogP contribution is -1.95. The lowest BCUT2D eigenvalue weighted by Gasteiger charge is -2.07. The minimum atomic E-state index is -0.405. The molecule has 2 aliphatic heterocycles. The van der Waals surface area contributed by atoms with Crippen LogP contribution in [-0.4, -0.2) is 29.8 Å². The van der Waals surface area contributed by atoms with E-state index in [1.54, 1.807) is 48.6 Å². The number of hydrogen-bond donors (Lipinski definition) is 2. The van der Waals surface area contributed by atoms with Gasteiger partial charge in [0.15, 0.2) is 0 Å². The van der Waals surface area contributed by atoms with E-state index in [1.165, 1.54) is 12.1 Å². The predicted molar refractivity (Wildman–Crippen MR) is 214 cm³/mol. The van der Waals surface area contributed by atoms with Crippen LogP contribution in [0.3, 0.4) is 0 Å². The molecule has 0 radical (unpaired) electrons. The number of H-pyrrole nitrogens is 2. The van der Waals surface area contributed by atoms with Gasteiger partial charge in [0, 0.05) is 56.5 Å². The molecule has 0 unspecified atom stereocenters. The summed E-state index contributed by atoms with van der Waals surface area (Å²) < 4.78 is 0. The Bertz CT molecular complexity index is 2700. The molecule has 0 fully saturated rings. The molecule has 10 heteroatoms. The average Bonchev–Trinajstić information content (AvgIpc) is 4.04. The summed E-state index contributed by atoms with van der Waals surface area (Å²) in [6, 6.07) is 40.7. The number of nitrogens with zero attached hydrogens (tertiary/aromatic N) is 4. The van der Waals surface area contributed by atoms with Crippen molar-refractivity contribution in [1.82, 2.24) is 19.9 Å². The van der Waals surface area contributed by atoms with E-state index in [0.717, 1.165) is 44.7 Å². The van der Waals surface area contributed by atoms with Gasteiger partial charge in [-0.05, 0) is 71.8 Å². The largest absolute Gasteiger partial charge is 0.354 e. The lowest BCUT2D eigenvalue weighted by molar-refractivity contribution is -0.384. The Morgan fingerprint density at radius 1 is 0.389 bits per heavy atom. The number of para-hydroxylation sites is 2. The Kier molecular flexibility index (Phi) is 7.82. The quantitative estimate of drug-likeness (QED) is 0.130. The molecule has 10 nitrogen and oxygen atoms in total. The van der Waals surface area contributed by atoms with Gasteiger partial charge >= 0.3 is 0 Å². The summed E-state index contributed by atoms with van der Waals surface area (Å²) in [6.45, 7) is 0. The van der Waals surface area contributed by atoms with Gasteiger partial charge in [0.05, 0.1) is 43.7 Å². The minimum absolute atomic E-state index is 0.0851. The second-order valence-electron chi connectivity index (χ2n) is 12.8. The Morgan fingerprint density at radius 3 is 1.07 bits per heavy atom. The normalized spacial score (nSPS) is 11.9. The van der Waals surface area contributed by atoms with Crippen molar-refractivity contribution in [2.45, 2.75) is 0 Å². The summed E-state index contributed by atoms with van der Waals surface area (Å²) >= 11 is 0. The SMILES string of the molecule is O=[N+]([O-])c1ccccc1-c1c2nc(c(-c3ccccc3[N+](=O)[O-])c3ccc([nH]3)c(-c3ccccc3)c3nc(c(-c4ccccc4)c4ccc1[nH]4)C=C3)C=C2. The molecule has 0 aliphatic carbocycles. The van der Waals surface area contributed by atoms with Crippen molar-refractivity contribution in [1.29, 1.82) is 0 Å². The van der Waals surface area contributed by atoms with Gasteiger partial charge < -0.3 is 9.97 Å². The van der Waals surface area contributed by atoms with Crippen LogP contribution in [0.2, 0.25) is 0 Å². The van der Waals surface area contributed by atoms with Crippen molar-refractivity contribution in [2.75, 3.05) is 0 Å². The van der Waals surface area contributed by atoms with Gasteiger partial charge in [0.2, 0.25) is 0 Å². The monoisotopic (exact) mass is 704 g/mol. The van der Waals surface area contributed by atoms with E-state index in [9.17, 15) is 20.2 Å². The predicted octanol–water partition coefficient (Wildman–Crippen LogP) is 11.1. The standard InChI is InChI=1S/C44H28N6O4/c51-49(52)39-17-9-7-15-29(39)43-35-23-21-33(46-35)41(27-11-3-1-4-12-27)31-19-20-32(45-31)42(28-13-5-2-6-14-28)34-22-24-36(47-34)44(38-26-25-37(43)48-38)30-16-8-10-18-40(30)50(53)54/h1-26,46-47H. The van der Waals surface area contributed by atoms with Crippen LogP contribution in [0.5, 0.6) is 0 Å². The number of nitro groups is 2. The molecule has 2 N–H and O–H groups in total. The first-order valence-corrected chi connectivity index (χ1v) is 17.2. The highest BCUT2D eigenvalue weighted by Crippen LogP contribution is 2.41. The van der Waals surface area contributed by atoms with Crippen molar-refractivity contribution in [3.05, 3.63) is 176 Å². The van der Waals surface area contributed by atoms with Crippen LogP contribution in [0.4, 0.5) is 11.4 Å². The zero-order chi connectivity index (χ0) is 36.8. The molecule has 0 amide bonds. The van der Waals surface area contributed by atoms with Gasteiger partial charge in [0.25, 0.3) is 11.4 Å². The third-order valence-electron chi connectivity index (χ3n) is 9.62. The van der Waals surface area contributed by atoms with Crippen molar-refractivity contribution in [3.63, 3.8) is 0 Å². The van der Waals surface area contributed by atoms with Crippen LogP contribution in [0, 0.1) is 20.2 Å². The highest BCUT2D eigenvalue weighted by Gasteiger charge is 2.24. The molecule has 0 saturated heterocycles. The summed E-state index contributed by atoms with van der Waals surface area (Å²) in [5.41, 5.74) is 10.2. The number of benzene rings is 4.